The van der Waals surface area contributed by atoms with Gasteiger partial charge in [0.05, 0.1) is 0 Å². The van der Waals surface area contributed by atoms with Gasteiger partial charge < -0.3 is 5.32 Å². The summed E-state index contributed by atoms with van der Waals surface area (Å²) in [6, 6.07) is 1.41. The van der Waals surface area contributed by atoms with Crippen LogP contribution >= 0.6 is 0 Å². The maximum Gasteiger partial charge on any atom is 0.0195 e. The van der Waals surface area contributed by atoms with Crippen LogP contribution in [0.25, 0.3) is 0 Å². The van der Waals surface area contributed by atoms with E-state index < -0.39 is 0 Å². The highest BCUT2D eigenvalue weighted by Gasteiger charge is 2.18. The molecule has 0 bridgehead atoms. The average molecular weight is 212 g/mol. The lowest BCUT2D eigenvalue weighted by atomic mass is 10.0. The second-order valence-corrected chi connectivity index (χ2v) is 5.59. The number of nitrogens with one attached hydrogen (secondary N) is 1. The second-order valence-electron chi connectivity index (χ2n) is 5.59. The Morgan fingerprint density at radius 3 is 2.40 bits per heavy atom. The fourth-order valence-electron chi connectivity index (χ4n) is 2.33. The fraction of sp³-hybridized carbons (Fsp3) is 1.00. The van der Waals surface area contributed by atoms with E-state index in [1.165, 1.54) is 38.9 Å². The molecule has 1 heterocycles. The van der Waals surface area contributed by atoms with Crippen LogP contribution in [0.4, 0.5) is 0 Å². The molecule has 15 heavy (non-hydrogen) atoms. The maximum atomic E-state index is 3.64. The predicted molar refractivity (Wildman–Crippen MR) is 67.2 cm³/mol. The van der Waals surface area contributed by atoms with Crippen molar-refractivity contribution in [2.75, 3.05) is 19.6 Å². The van der Waals surface area contributed by atoms with Crippen LogP contribution < -0.4 is 5.32 Å². The van der Waals surface area contributed by atoms with Gasteiger partial charge in [-0.2, -0.15) is 0 Å². The molecule has 0 saturated carbocycles. The Morgan fingerprint density at radius 1 is 1.20 bits per heavy atom. The Morgan fingerprint density at radius 2 is 1.93 bits per heavy atom. The molecule has 1 aliphatic heterocycles. The first-order valence-electron chi connectivity index (χ1n) is 6.57. The summed E-state index contributed by atoms with van der Waals surface area (Å²) in [6.07, 6.45) is 4.13. The van der Waals surface area contributed by atoms with Gasteiger partial charge in [0.15, 0.2) is 0 Å². The van der Waals surface area contributed by atoms with Crippen LogP contribution in [-0.2, 0) is 0 Å². The summed E-state index contributed by atoms with van der Waals surface area (Å²) in [5.41, 5.74) is 0. The highest BCUT2D eigenvalue weighted by Crippen LogP contribution is 2.11. The molecular weight excluding hydrogens is 184 g/mol. The molecule has 2 nitrogen and oxygen atoms in total. The Balaban J connectivity index is 2.35. The minimum atomic E-state index is 0.677. The van der Waals surface area contributed by atoms with E-state index in [4.69, 9.17) is 0 Å². The first-order chi connectivity index (χ1) is 7.09. The number of hydrogen-bond acceptors (Lipinski definition) is 2. The van der Waals surface area contributed by atoms with Crippen molar-refractivity contribution in [2.24, 2.45) is 5.92 Å². The van der Waals surface area contributed by atoms with Gasteiger partial charge in [0.25, 0.3) is 0 Å². The first kappa shape index (κ1) is 13.0. The molecule has 1 aliphatic rings. The van der Waals surface area contributed by atoms with Gasteiger partial charge in [-0.1, -0.05) is 20.3 Å². The van der Waals surface area contributed by atoms with Crippen LogP contribution in [0.2, 0.25) is 0 Å². The molecule has 1 fully saturated rings. The maximum absolute atomic E-state index is 3.64. The number of nitrogens with zero attached hydrogens (tertiary/aromatic N) is 1. The molecule has 90 valence electrons. The quantitative estimate of drug-likeness (QED) is 0.753. The molecular formula is C13H28N2. The summed E-state index contributed by atoms with van der Waals surface area (Å²) in [5.74, 6) is 0.774. The van der Waals surface area contributed by atoms with Gasteiger partial charge in [0.1, 0.15) is 0 Å². The predicted octanol–water partition coefficient (Wildman–Crippen LogP) is 2.49. The van der Waals surface area contributed by atoms with Crippen molar-refractivity contribution in [3.63, 3.8) is 0 Å². The van der Waals surface area contributed by atoms with Crippen molar-refractivity contribution >= 4 is 0 Å². The number of piperidine rings is 1. The summed E-state index contributed by atoms with van der Waals surface area (Å²) in [5, 5.41) is 3.64. The molecule has 0 radical (unpaired) electrons. The van der Waals surface area contributed by atoms with Crippen LogP contribution in [0.5, 0.6) is 0 Å². The molecule has 2 heteroatoms. The summed E-state index contributed by atoms with van der Waals surface area (Å²) in [6.45, 7) is 12.9. The van der Waals surface area contributed by atoms with Crippen molar-refractivity contribution < 1.29 is 0 Å². The highest BCUT2D eigenvalue weighted by molar-refractivity contribution is 4.78. The van der Waals surface area contributed by atoms with Crippen molar-refractivity contribution in [3.8, 4) is 0 Å². The van der Waals surface area contributed by atoms with E-state index in [-0.39, 0.29) is 0 Å². The minimum Gasteiger partial charge on any atom is -0.313 e. The normalized spacial score (nSPS) is 23.0. The van der Waals surface area contributed by atoms with Crippen LogP contribution in [0.1, 0.15) is 47.0 Å². The Labute approximate surface area is 95.4 Å². The lowest BCUT2D eigenvalue weighted by Gasteiger charge is -2.34. The Hall–Kier alpha value is -0.0800. The van der Waals surface area contributed by atoms with E-state index in [2.05, 4.69) is 37.9 Å². The van der Waals surface area contributed by atoms with Gasteiger partial charge >= 0.3 is 0 Å². The molecule has 0 aliphatic carbocycles. The van der Waals surface area contributed by atoms with E-state index in [0.29, 0.717) is 6.04 Å². The summed E-state index contributed by atoms with van der Waals surface area (Å²) in [7, 11) is 0. The molecule has 0 aromatic rings. The first-order valence-corrected chi connectivity index (χ1v) is 6.57. The largest absolute Gasteiger partial charge is 0.313 e. The zero-order valence-corrected chi connectivity index (χ0v) is 10.9. The average Bonchev–Trinajstić information content (AvgIpc) is 2.17. The van der Waals surface area contributed by atoms with E-state index >= 15 is 0 Å². The van der Waals surface area contributed by atoms with Gasteiger partial charge in [-0.25, -0.2) is 0 Å². The van der Waals surface area contributed by atoms with E-state index in [0.717, 1.165) is 12.0 Å². The number of rotatable bonds is 5. The van der Waals surface area contributed by atoms with E-state index in [1.54, 1.807) is 0 Å². The third-order valence-electron chi connectivity index (χ3n) is 3.20. The Kier molecular flexibility index (Phi) is 5.62. The standard InChI is InChI=1S/C13H28N2/c1-11(2)9-15(12(3)4)10-13-7-5-6-8-14-13/h11-14H,5-10H2,1-4H3. The van der Waals surface area contributed by atoms with Gasteiger partial charge in [0.2, 0.25) is 0 Å². The molecule has 1 saturated heterocycles. The van der Waals surface area contributed by atoms with Gasteiger partial charge in [0, 0.05) is 25.2 Å². The smallest absolute Gasteiger partial charge is 0.0195 e. The molecule has 0 spiro atoms. The summed E-state index contributed by atoms with van der Waals surface area (Å²) in [4.78, 5) is 2.62. The third kappa shape index (κ3) is 4.98. The van der Waals surface area contributed by atoms with E-state index in [9.17, 15) is 0 Å². The topological polar surface area (TPSA) is 15.3 Å². The molecule has 1 unspecified atom stereocenters. The summed E-state index contributed by atoms with van der Waals surface area (Å²) >= 11 is 0. The van der Waals surface area contributed by atoms with Crippen molar-refractivity contribution in [1.82, 2.24) is 10.2 Å². The molecule has 0 amide bonds. The minimum absolute atomic E-state index is 0.677. The highest BCUT2D eigenvalue weighted by atomic mass is 15.2. The Bertz CT molecular complexity index is 160. The molecule has 1 N–H and O–H groups in total. The fourth-order valence-corrected chi connectivity index (χ4v) is 2.33. The van der Waals surface area contributed by atoms with Gasteiger partial charge in [-0.3, -0.25) is 4.90 Å². The lowest BCUT2D eigenvalue weighted by Crippen LogP contribution is -2.46. The monoisotopic (exact) mass is 212 g/mol. The molecule has 0 aromatic carbocycles. The molecule has 1 atom stereocenters. The van der Waals surface area contributed by atoms with E-state index in [1.807, 2.05) is 0 Å². The summed E-state index contributed by atoms with van der Waals surface area (Å²) < 4.78 is 0. The third-order valence-corrected chi connectivity index (χ3v) is 3.20. The number of hydrogen-bond donors (Lipinski definition) is 1. The van der Waals surface area contributed by atoms with Crippen molar-refractivity contribution in [2.45, 2.75) is 59.0 Å². The van der Waals surface area contributed by atoms with Gasteiger partial charge in [-0.05, 0) is 39.2 Å². The van der Waals surface area contributed by atoms with Crippen LogP contribution in [0, 0.1) is 5.92 Å². The molecule has 0 aromatic heterocycles. The zero-order chi connectivity index (χ0) is 11.3. The van der Waals surface area contributed by atoms with Crippen LogP contribution in [-0.4, -0.2) is 36.6 Å². The molecule has 1 rings (SSSR count). The zero-order valence-electron chi connectivity index (χ0n) is 10.9. The van der Waals surface area contributed by atoms with Crippen molar-refractivity contribution in [1.29, 1.82) is 0 Å². The second kappa shape index (κ2) is 6.49. The van der Waals surface area contributed by atoms with Gasteiger partial charge in [-0.15, -0.1) is 0 Å². The lowest BCUT2D eigenvalue weighted by molar-refractivity contribution is 0.167. The van der Waals surface area contributed by atoms with Crippen LogP contribution in [0.15, 0.2) is 0 Å². The SMILES string of the molecule is CC(C)CN(CC1CCCCN1)C(C)C. The van der Waals surface area contributed by atoms with Crippen LogP contribution in [0.3, 0.4) is 0 Å². The van der Waals surface area contributed by atoms with Crippen molar-refractivity contribution in [3.05, 3.63) is 0 Å².